The molecule has 0 radical (unpaired) electrons. The summed E-state index contributed by atoms with van der Waals surface area (Å²) in [5.74, 6) is 0.531. The minimum absolute atomic E-state index is 0.0985. The maximum atomic E-state index is 11.4. The number of benzene rings is 2. The van der Waals surface area contributed by atoms with Crippen LogP contribution in [0.4, 0.5) is 5.69 Å². The summed E-state index contributed by atoms with van der Waals surface area (Å²) >= 11 is 6.17. The van der Waals surface area contributed by atoms with Crippen molar-refractivity contribution in [2.75, 3.05) is 37.7 Å². The summed E-state index contributed by atoms with van der Waals surface area (Å²) < 4.78 is 5.62. The van der Waals surface area contributed by atoms with Gasteiger partial charge < -0.3 is 25.0 Å². The van der Waals surface area contributed by atoms with E-state index in [0.29, 0.717) is 53.8 Å². The molecule has 3 N–H and O–H groups in total. The van der Waals surface area contributed by atoms with E-state index in [1.807, 2.05) is 36.4 Å². The van der Waals surface area contributed by atoms with E-state index in [0.717, 1.165) is 11.3 Å². The molecular weight excluding hydrogens is 504 g/mol. The van der Waals surface area contributed by atoms with Crippen molar-refractivity contribution in [1.29, 1.82) is 5.26 Å². The zero-order valence-electron chi connectivity index (χ0n) is 21.6. The second-order valence-electron chi connectivity index (χ2n) is 9.91. The van der Waals surface area contributed by atoms with Gasteiger partial charge in [-0.1, -0.05) is 23.7 Å². The number of piperazine rings is 1. The molecule has 38 heavy (non-hydrogen) atoms. The number of nitriles is 1. The number of pyridine rings is 1. The number of aromatic nitrogens is 1. The van der Waals surface area contributed by atoms with Crippen LogP contribution >= 0.6 is 11.6 Å². The van der Waals surface area contributed by atoms with Crippen LogP contribution < -0.4 is 9.64 Å². The lowest BCUT2D eigenvalue weighted by atomic mass is 9.93. The molecule has 1 fully saturated rings. The fourth-order valence-electron chi connectivity index (χ4n) is 4.83. The zero-order chi connectivity index (χ0) is 27.3. The maximum absolute atomic E-state index is 11.4. The molecule has 9 heteroatoms. The normalized spacial score (nSPS) is 18.4. The molecule has 0 aliphatic carbocycles. The molecule has 1 saturated heterocycles. The monoisotopic (exact) mass is 536 g/mol. The van der Waals surface area contributed by atoms with Gasteiger partial charge in [-0.05, 0) is 67.4 Å². The van der Waals surface area contributed by atoms with Crippen molar-refractivity contribution < 1.29 is 20.1 Å². The van der Waals surface area contributed by atoms with Crippen LogP contribution in [-0.2, 0) is 12.2 Å². The standard InChI is InChI=1S/C29H33ClN4O4/c1-20(36)18-38-26-7-8-27(22(13-26)15-31)34-12-11-33(16-28(34)21-3-5-24(30)6-4-21)19-29(2,37)23-9-10-32-25(14-23)17-35/h3-10,13-14,20,28,35-37H,11-12,16-19H2,1-2H3/t20-,28-,29+/m0/s1. The van der Waals surface area contributed by atoms with E-state index < -0.39 is 11.7 Å². The van der Waals surface area contributed by atoms with Crippen molar-refractivity contribution in [3.63, 3.8) is 0 Å². The molecule has 2 heterocycles. The van der Waals surface area contributed by atoms with E-state index in [4.69, 9.17) is 16.3 Å². The number of halogens is 1. The van der Waals surface area contributed by atoms with E-state index >= 15 is 0 Å². The Hall–Kier alpha value is -3.19. The van der Waals surface area contributed by atoms with Crippen molar-refractivity contribution in [2.45, 2.75) is 38.2 Å². The third kappa shape index (κ3) is 6.62. The van der Waals surface area contributed by atoms with Gasteiger partial charge in [-0.25, -0.2) is 0 Å². The second kappa shape index (κ2) is 12.1. The third-order valence-electron chi connectivity index (χ3n) is 6.74. The van der Waals surface area contributed by atoms with Gasteiger partial charge in [-0.15, -0.1) is 0 Å². The Morgan fingerprint density at radius 1 is 1.18 bits per heavy atom. The Labute approximate surface area is 228 Å². The minimum Gasteiger partial charge on any atom is -0.491 e. The van der Waals surface area contributed by atoms with Crippen molar-refractivity contribution in [2.24, 2.45) is 0 Å². The summed E-state index contributed by atoms with van der Waals surface area (Å²) in [4.78, 5) is 8.54. The predicted molar refractivity (Wildman–Crippen MR) is 146 cm³/mol. The van der Waals surface area contributed by atoms with Gasteiger partial charge >= 0.3 is 0 Å². The number of hydrogen-bond acceptors (Lipinski definition) is 8. The molecule has 1 aliphatic rings. The molecule has 2 aromatic carbocycles. The van der Waals surface area contributed by atoms with Crippen molar-refractivity contribution in [3.8, 4) is 11.8 Å². The van der Waals surface area contributed by atoms with Crippen LogP contribution in [-0.4, -0.2) is 64.1 Å². The Morgan fingerprint density at radius 3 is 2.63 bits per heavy atom. The molecule has 1 aromatic heterocycles. The topological polar surface area (TPSA) is 113 Å². The number of hydrogen-bond donors (Lipinski definition) is 3. The average molecular weight is 537 g/mol. The van der Waals surface area contributed by atoms with E-state index in [9.17, 15) is 20.6 Å². The SMILES string of the molecule is C[C@H](O)COc1ccc(N2CCN(C[C@@](C)(O)c3ccnc(CO)c3)C[C@H]2c2ccc(Cl)cc2)c(C#N)c1. The number of nitrogens with zero attached hydrogens (tertiary/aromatic N) is 4. The van der Waals surface area contributed by atoms with Crippen LogP contribution in [0.2, 0.25) is 5.02 Å². The summed E-state index contributed by atoms with van der Waals surface area (Å²) in [5.41, 5.74) is 2.38. The molecule has 0 bridgehead atoms. The summed E-state index contributed by atoms with van der Waals surface area (Å²) in [7, 11) is 0. The minimum atomic E-state index is -1.15. The van der Waals surface area contributed by atoms with Gasteiger partial charge in [0.05, 0.1) is 41.3 Å². The Bertz CT molecular complexity index is 1280. The fourth-order valence-corrected chi connectivity index (χ4v) is 4.96. The highest BCUT2D eigenvalue weighted by Crippen LogP contribution is 2.36. The van der Waals surface area contributed by atoms with Gasteiger partial charge in [-0.2, -0.15) is 5.26 Å². The van der Waals surface area contributed by atoms with E-state index in [-0.39, 0.29) is 19.3 Å². The lowest BCUT2D eigenvalue weighted by molar-refractivity contribution is 0.0101. The van der Waals surface area contributed by atoms with Gasteiger partial charge in [0, 0.05) is 37.4 Å². The molecule has 0 spiro atoms. The molecule has 1 aliphatic heterocycles. The molecular formula is C29H33ClN4O4. The fraction of sp³-hybridized carbons (Fsp3) is 0.379. The Balaban J connectivity index is 1.61. The van der Waals surface area contributed by atoms with Gasteiger partial charge in [-0.3, -0.25) is 9.88 Å². The molecule has 0 amide bonds. The Morgan fingerprint density at radius 2 is 1.95 bits per heavy atom. The van der Waals surface area contributed by atoms with Gasteiger partial charge in [0.25, 0.3) is 0 Å². The first-order valence-electron chi connectivity index (χ1n) is 12.6. The van der Waals surface area contributed by atoms with Gasteiger partial charge in [0.15, 0.2) is 0 Å². The highest BCUT2D eigenvalue weighted by atomic mass is 35.5. The third-order valence-corrected chi connectivity index (χ3v) is 6.99. The average Bonchev–Trinajstić information content (AvgIpc) is 2.92. The largest absolute Gasteiger partial charge is 0.491 e. The van der Waals surface area contributed by atoms with Crippen LogP contribution in [0.5, 0.6) is 5.75 Å². The van der Waals surface area contributed by atoms with Gasteiger partial charge in [0.2, 0.25) is 0 Å². The van der Waals surface area contributed by atoms with Crippen molar-refractivity contribution >= 4 is 17.3 Å². The zero-order valence-corrected chi connectivity index (χ0v) is 22.3. The lowest BCUT2D eigenvalue weighted by Crippen LogP contribution is -2.52. The lowest BCUT2D eigenvalue weighted by Gasteiger charge is -2.45. The number of β-amino-alcohol motifs (C(OH)–C–C–N with tert-alkyl or cyclic N) is 1. The maximum Gasteiger partial charge on any atom is 0.120 e. The molecule has 3 aromatic rings. The molecule has 0 saturated carbocycles. The van der Waals surface area contributed by atoms with Crippen molar-refractivity contribution in [3.05, 3.63) is 88.2 Å². The summed E-state index contributed by atoms with van der Waals surface area (Å²) in [5, 5.41) is 41.0. The number of anilines is 1. The first-order chi connectivity index (χ1) is 18.2. The Kier molecular flexibility index (Phi) is 8.87. The summed E-state index contributed by atoms with van der Waals surface area (Å²) in [6.07, 6.45) is 0.990. The van der Waals surface area contributed by atoms with E-state index in [1.54, 1.807) is 38.2 Å². The highest BCUT2D eigenvalue weighted by Gasteiger charge is 2.34. The van der Waals surface area contributed by atoms with E-state index in [2.05, 4.69) is 20.9 Å². The smallest absolute Gasteiger partial charge is 0.120 e. The summed E-state index contributed by atoms with van der Waals surface area (Å²) in [6.45, 7) is 5.67. The summed E-state index contributed by atoms with van der Waals surface area (Å²) in [6, 6.07) is 18.8. The molecule has 200 valence electrons. The number of rotatable bonds is 9. The van der Waals surface area contributed by atoms with Crippen LogP contribution in [0, 0.1) is 11.3 Å². The first-order valence-corrected chi connectivity index (χ1v) is 13.0. The van der Waals surface area contributed by atoms with Crippen molar-refractivity contribution in [1.82, 2.24) is 9.88 Å². The molecule has 3 atom stereocenters. The van der Waals surface area contributed by atoms with Gasteiger partial charge in [0.1, 0.15) is 18.4 Å². The first kappa shape index (κ1) is 27.8. The van der Waals surface area contributed by atoms with Crippen LogP contribution in [0.15, 0.2) is 60.8 Å². The number of ether oxygens (including phenoxy) is 1. The second-order valence-corrected chi connectivity index (χ2v) is 10.4. The molecule has 8 nitrogen and oxygen atoms in total. The predicted octanol–water partition coefficient (Wildman–Crippen LogP) is 3.63. The van der Waals surface area contributed by atoms with Crippen LogP contribution in [0.3, 0.4) is 0 Å². The van der Waals surface area contributed by atoms with E-state index in [1.165, 1.54) is 0 Å². The van der Waals surface area contributed by atoms with Crippen LogP contribution in [0.25, 0.3) is 0 Å². The van der Waals surface area contributed by atoms with Crippen LogP contribution in [0.1, 0.15) is 42.3 Å². The quantitative estimate of drug-likeness (QED) is 0.380. The highest BCUT2D eigenvalue weighted by molar-refractivity contribution is 6.30. The number of aliphatic hydroxyl groups excluding tert-OH is 2. The number of aliphatic hydroxyl groups is 3. The molecule has 4 rings (SSSR count). The molecule has 0 unspecified atom stereocenters.